The van der Waals surface area contributed by atoms with Gasteiger partial charge in [-0.2, -0.15) is 11.8 Å². The Morgan fingerprint density at radius 2 is 2.20 bits per heavy atom. The molecule has 1 aliphatic heterocycles. The van der Waals surface area contributed by atoms with Crippen molar-refractivity contribution in [2.75, 3.05) is 29.9 Å². The van der Waals surface area contributed by atoms with Crippen LogP contribution in [0.1, 0.15) is 5.56 Å². The quantitative estimate of drug-likeness (QED) is 0.879. The molecule has 1 amide bonds. The fourth-order valence-electron chi connectivity index (χ4n) is 2.14. The first kappa shape index (κ1) is 14.9. The van der Waals surface area contributed by atoms with Gasteiger partial charge in [0, 0.05) is 23.7 Å². The zero-order chi connectivity index (χ0) is 14.5. The average Bonchev–Trinajstić information content (AvgIpc) is 2.41. The number of thioether (sulfide) groups is 1. The zero-order valence-corrected chi connectivity index (χ0v) is 12.2. The number of hydrogen-bond acceptors (Lipinski definition) is 4. The smallest absolute Gasteiger partial charge is 0.321 e. The van der Waals surface area contributed by atoms with Gasteiger partial charge >= 0.3 is 5.97 Å². The Bertz CT molecular complexity index is 507. The maximum atomic E-state index is 12.0. The van der Waals surface area contributed by atoms with Gasteiger partial charge in [0.05, 0.1) is 6.54 Å². The SMILES string of the molecule is Cc1ccccc1NC(=O)CN1CCSCC1C(=O)O. The van der Waals surface area contributed by atoms with Crippen molar-refractivity contribution < 1.29 is 14.7 Å². The molecule has 2 N–H and O–H groups in total. The summed E-state index contributed by atoms with van der Waals surface area (Å²) < 4.78 is 0. The van der Waals surface area contributed by atoms with Gasteiger partial charge in [-0.1, -0.05) is 18.2 Å². The highest BCUT2D eigenvalue weighted by molar-refractivity contribution is 7.99. The third-order valence-electron chi connectivity index (χ3n) is 3.29. The van der Waals surface area contributed by atoms with Crippen LogP contribution >= 0.6 is 11.8 Å². The van der Waals surface area contributed by atoms with Crippen molar-refractivity contribution in [2.45, 2.75) is 13.0 Å². The lowest BCUT2D eigenvalue weighted by atomic mass is 10.2. The molecule has 1 aliphatic rings. The molecular weight excluding hydrogens is 276 g/mol. The number of anilines is 1. The molecule has 6 heteroatoms. The van der Waals surface area contributed by atoms with Gasteiger partial charge in [0.15, 0.2) is 0 Å². The Morgan fingerprint density at radius 3 is 2.90 bits per heavy atom. The molecule has 1 saturated heterocycles. The second kappa shape index (κ2) is 6.76. The molecule has 1 aromatic rings. The van der Waals surface area contributed by atoms with E-state index in [1.807, 2.05) is 31.2 Å². The van der Waals surface area contributed by atoms with E-state index in [4.69, 9.17) is 5.11 Å². The Hall–Kier alpha value is -1.53. The molecule has 108 valence electrons. The monoisotopic (exact) mass is 294 g/mol. The predicted octanol–water partition coefficient (Wildman–Crippen LogP) is 1.44. The van der Waals surface area contributed by atoms with E-state index in [0.29, 0.717) is 12.3 Å². The number of para-hydroxylation sites is 1. The normalized spacial score (nSPS) is 19.6. The number of carboxylic acids is 1. The van der Waals surface area contributed by atoms with Crippen LogP contribution in [0, 0.1) is 6.92 Å². The van der Waals surface area contributed by atoms with Crippen molar-refractivity contribution >= 4 is 29.3 Å². The van der Waals surface area contributed by atoms with Crippen LogP contribution in [-0.4, -0.2) is 52.5 Å². The van der Waals surface area contributed by atoms with E-state index in [1.54, 1.807) is 16.7 Å². The molecule has 1 unspecified atom stereocenters. The molecule has 0 radical (unpaired) electrons. The van der Waals surface area contributed by atoms with Crippen molar-refractivity contribution in [1.82, 2.24) is 4.90 Å². The highest BCUT2D eigenvalue weighted by Crippen LogP contribution is 2.17. The van der Waals surface area contributed by atoms with Gasteiger partial charge in [0.2, 0.25) is 5.91 Å². The first-order valence-electron chi connectivity index (χ1n) is 6.48. The van der Waals surface area contributed by atoms with E-state index in [0.717, 1.165) is 17.0 Å². The van der Waals surface area contributed by atoms with Gasteiger partial charge in [-0.3, -0.25) is 14.5 Å². The number of hydrogen-bond donors (Lipinski definition) is 2. The van der Waals surface area contributed by atoms with Crippen LogP contribution in [0.2, 0.25) is 0 Å². The van der Waals surface area contributed by atoms with E-state index in [1.165, 1.54) is 0 Å². The van der Waals surface area contributed by atoms with E-state index in [-0.39, 0.29) is 12.5 Å². The molecule has 0 saturated carbocycles. The number of carboxylic acid groups (broad SMARTS) is 1. The maximum Gasteiger partial charge on any atom is 0.321 e. The number of carbonyl (C=O) groups is 2. The number of aliphatic carboxylic acids is 1. The summed E-state index contributed by atoms with van der Waals surface area (Å²) in [4.78, 5) is 24.9. The summed E-state index contributed by atoms with van der Waals surface area (Å²) in [5.74, 6) is 0.368. The van der Waals surface area contributed by atoms with Crippen LogP contribution in [0.5, 0.6) is 0 Å². The maximum absolute atomic E-state index is 12.0. The lowest BCUT2D eigenvalue weighted by molar-refractivity contribution is -0.142. The third kappa shape index (κ3) is 3.74. The van der Waals surface area contributed by atoms with Gasteiger partial charge in [0.25, 0.3) is 0 Å². The summed E-state index contributed by atoms with van der Waals surface area (Å²) in [7, 11) is 0. The minimum absolute atomic E-state index is 0.117. The number of aryl methyl sites for hydroxylation is 1. The number of nitrogens with one attached hydrogen (secondary N) is 1. The number of nitrogens with zero attached hydrogens (tertiary/aromatic N) is 1. The van der Waals surface area contributed by atoms with E-state index < -0.39 is 12.0 Å². The van der Waals surface area contributed by atoms with Crippen LogP contribution in [0.4, 0.5) is 5.69 Å². The fourth-order valence-corrected chi connectivity index (χ4v) is 3.25. The Morgan fingerprint density at radius 1 is 1.45 bits per heavy atom. The topological polar surface area (TPSA) is 69.6 Å². The Balaban J connectivity index is 1.96. The Labute approximate surface area is 122 Å². The highest BCUT2D eigenvalue weighted by Gasteiger charge is 2.30. The van der Waals surface area contributed by atoms with Crippen molar-refractivity contribution in [1.29, 1.82) is 0 Å². The van der Waals surface area contributed by atoms with Crippen molar-refractivity contribution in [2.24, 2.45) is 0 Å². The predicted molar refractivity (Wildman–Crippen MR) is 80.1 cm³/mol. The van der Waals surface area contributed by atoms with Gasteiger partial charge in [0.1, 0.15) is 6.04 Å². The summed E-state index contributed by atoms with van der Waals surface area (Å²) >= 11 is 1.61. The number of rotatable bonds is 4. The summed E-state index contributed by atoms with van der Waals surface area (Å²) in [6, 6.07) is 6.96. The van der Waals surface area contributed by atoms with Gasteiger partial charge in [-0.05, 0) is 18.6 Å². The van der Waals surface area contributed by atoms with Crippen LogP contribution < -0.4 is 5.32 Å². The molecule has 0 aromatic heterocycles. The molecule has 0 spiro atoms. The fraction of sp³-hybridized carbons (Fsp3) is 0.429. The first-order chi connectivity index (χ1) is 9.58. The van der Waals surface area contributed by atoms with Crippen LogP contribution in [0.25, 0.3) is 0 Å². The molecule has 2 rings (SSSR count). The lowest BCUT2D eigenvalue weighted by Gasteiger charge is -2.31. The average molecular weight is 294 g/mol. The summed E-state index contributed by atoms with van der Waals surface area (Å²) in [6.45, 7) is 2.67. The van der Waals surface area contributed by atoms with Crippen molar-refractivity contribution in [3.8, 4) is 0 Å². The van der Waals surface area contributed by atoms with Crippen LogP contribution in [-0.2, 0) is 9.59 Å². The van der Waals surface area contributed by atoms with Gasteiger partial charge in [-0.15, -0.1) is 0 Å². The standard InChI is InChI=1S/C14H18N2O3S/c1-10-4-2-3-5-11(10)15-13(17)8-16-6-7-20-9-12(16)14(18)19/h2-5,12H,6-9H2,1H3,(H,15,17)(H,18,19). The largest absolute Gasteiger partial charge is 0.480 e. The molecule has 1 aromatic carbocycles. The Kier molecular flexibility index (Phi) is 5.03. The minimum Gasteiger partial charge on any atom is -0.480 e. The summed E-state index contributed by atoms with van der Waals surface area (Å²) in [5, 5.41) is 12.0. The van der Waals surface area contributed by atoms with Gasteiger partial charge < -0.3 is 10.4 Å². The molecule has 20 heavy (non-hydrogen) atoms. The van der Waals surface area contributed by atoms with E-state index >= 15 is 0 Å². The van der Waals surface area contributed by atoms with Crippen LogP contribution in [0.15, 0.2) is 24.3 Å². The second-order valence-corrected chi connectivity index (χ2v) is 5.91. The molecule has 1 fully saturated rings. The van der Waals surface area contributed by atoms with E-state index in [2.05, 4.69) is 5.32 Å². The highest BCUT2D eigenvalue weighted by atomic mass is 32.2. The molecule has 1 atom stereocenters. The third-order valence-corrected chi connectivity index (χ3v) is 4.31. The number of benzene rings is 1. The number of carbonyl (C=O) groups excluding carboxylic acids is 1. The van der Waals surface area contributed by atoms with Crippen LogP contribution in [0.3, 0.4) is 0 Å². The molecule has 5 nitrogen and oxygen atoms in total. The number of amides is 1. The molecule has 0 aliphatic carbocycles. The molecular formula is C14H18N2O3S. The first-order valence-corrected chi connectivity index (χ1v) is 7.63. The summed E-state index contributed by atoms with van der Waals surface area (Å²) in [5.41, 5.74) is 1.76. The second-order valence-electron chi connectivity index (χ2n) is 4.76. The lowest BCUT2D eigenvalue weighted by Crippen LogP contribution is -2.50. The van der Waals surface area contributed by atoms with E-state index in [9.17, 15) is 9.59 Å². The molecule has 1 heterocycles. The van der Waals surface area contributed by atoms with Crippen molar-refractivity contribution in [3.05, 3.63) is 29.8 Å². The minimum atomic E-state index is -0.860. The zero-order valence-electron chi connectivity index (χ0n) is 11.3. The van der Waals surface area contributed by atoms with Gasteiger partial charge in [-0.25, -0.2) is 0 Å². The summed E-state index contributed by atoms with van der Waals surface area (Å²) in [6.07, 6.45) is 0. The molecule has 0 bridgehead atoms. The van der Waals surface area contributed by atoms with Crippen molar-refractivity contribution in [3.63, 3.8) is 0 Å².